The fraction of sp³-hybridized carbons (Fsp3) is 0.207. The predicted octanol–water partition coefficient (Wildman–Crippen LogP) is 5.24. The number of aryl methyl sites for hydroxylation is 1. The van der Waals surface area contributed by atoms with Crippen LogP contribution in [-0.2, 0) is 21.4 Å². The minimum absolute atomic E-state index is 0.102. The lowest BCUT2D eigenvalue weighted by molar-refractivity contribution is -0.140. The van der Waals surface area contributed by atoms with Crippen molar-refractivity contribution in [3.8, 4) is 22.5 Å². The lowest BCUT2D eigenvalue weighted by Gasteiger charge is -2.12. The van der Waals surface area contributed by atoms with Gasteiger partial charge in [-0.2, -0.15) is 0 Å². The van der Waals surface area contributed by atoms with E-state index in [9.17, 15) is 14.7 Å². The first kappa shape index (κ1) is 22.7. The molecule has 1 heterocycles. The highest BCUT2D eigenvalue weighted by Gasteiger charge is 2.51. The molecule has 0 saturated heterocycles. The monoisotopic (exact) mass is 466 g/mol. The molecule has 6 heteroatoms. The highest BCUT2D eigenvalue weighted by Crippen LogP contribution is 2.48. The Hall–Kier alpha value is -4.03. The van der Waals surface area contributed by atoms with Crippen molar-refractivity contribution in [3.63, 3.8) is 0 Å². The summed E-state index contributed by atoms with van der Waals surface area (Å²) in [6, 6.07) is 24.2. The maximum absolute atomic E-state index is 12.9. The summed E-state index contributed by atoms with van der Waals surface area (Å²) in [5, 5.41) is 13.6. The van der Waals surface area contributed by atoms with Crippen molar-refractivity contribution in [1.82, 2.24) is 5.16 Å². The van der Waals surface area contributed by atoms with Crippen LogP contribution in [0.1, 0.15) is 41.3 Å². The molecule has 0 amide bonds. The van der Waals surface area contributed by atoms with Gasteiger partial charge in [0.2, 0.25) is 0 Å². The summed E-state index contributed by atoms with van der Waals surface area (Å²) in [5.74, 6) is -0.362. The van der Waals surface area contributed by atoms with Crippen LogP contribution in [0.25, 0.3) is 22.5 Å². The summed E-state index contributed by atoms with van der Waals surface area (Å²) in [6.45, 7) is 1.79. The van der Waals surface area contributed by atoms with E-state index in [1.54, 1.807) is 6.92 Å². The molecule has 1 atom stereocenters. The number of hydrogen-bond donors (Lipinski definition) is 2. The molecule has 1 aliphatic carbocycles. The Morgan fingerprint density at radius 1 is 0.943 bits per heavy atom. The van der Waals surface area contributed by atoms with Crippen LogP contribution in [0, 0.1) is 6.92 Å². The fourth-order valence-corrected chi connectivity index (χ4v) is 4.57. The molecule has 3 aromatic carbocycles. The molecule has 0 bridgehead atoms. The smallest absolute Gasteiger partial charge is 0.314 e. The Morgan fingerprint density at radius 3 is 2.09 bits per heavy atom. The number of carbonyl (C=O) groups excluding carboxylic acids is 1. The number of carboxylic acids is 1. The van der Waals surface area contributed by atoms with Crippen LogP contribution in [0.15, 0.2) is 83.4 Å². The number of rotatable bonds is 8. The third-order valence-electron chi connectivity index (χ3n) is 6.86. The molecule has 6 nitrogen and oxygen atoms in total. The molecule has 1 saturated carbocycles. The number of hydrogen-bond acceptors (Lipinski definition) is 5. The van der Waals surface area contributed by atoms with Crippen molar-refractivity contribution in [2.75, 3.05) is 0 Å². The molecule has 3 N–H and O–H groups in total. The third kappa shape index (κ3) is 4.29. The summed E-state index contributed by atoms with van der Waals surface area (Å²) in [6.07, 6.45) is 1.61. The van der Waals surface area contributed by atoms with Crippen molar-refractivity contribution in [1.29, 1.82) is 0 Å². The average Bonchev–Trinajstić information content (AvgIpc) is 3.61. The number of nitrogens with two attached hydrogens (primary N) is 1. The highest BCUT2D eigenvalue weighted by molar-refractivity contribution is 5.89. The molecule has 0 spiro atoms. The Balaban J connectivity index is 1.36. The van der Waals surface area contributed by atoms with E-state index in [0.717, 1.165) is 27.8 Å². The SMILES string of the molecule is Cc1noc(-c2ccc(-c3ccc(C4(C(=O)O)CC4)cc3)cc2)c1C(N)C(=O)Cc1ccccc1. The van der Waals surface area contributed by atoms with Gasteiger partial charge in [0.05, 0.1) is 17.2 Å². The van der Waals surface area contributed by atoms with Crippen LogP contribution < -0.4 is 5.73 Å². The Labute approximate surface area is 203 Å². The molecule has 1 aromatic heterocycles. The van der Waals surface area contributed by atoms with E-state index < -0.39 is 17.4 Å². The van der Waals surface area contributed by atoms with E-state index >= 15 is 0 Å². The van der Waals surface area contributed by atoms with Gasteiger partial charge in [-0.15, -0.1) is 0 Å². The standard InChI is InChI=1S/C29H26N2O4/c1-18-25(26(30)24(32)17-19-5-3-2-4-6-19)27(35-31-18)22-9-7-20(8-10-22)21-11-13-23(14-12-21)29(15-16-29)28(33)34/h2-14,26H,15-17,30H2,1H3,(H,33,34). The van der Waals surface area contributed by atoms with Crippen LogP contribution >= 0.6 is 0 Å². The number of carboxylic acid groups (broad SMARTS) is 1. The Bertz CT molecular complexity index is 1370. The van der Waals surface area contributed by atoms with Gasteiger partial charge in [-0.1, -0.05) is 84.0 Å². The first-order valence-electron chi connectivity index (χ1n) is 11.6. The van der Waals surface area contributed by atoms with E-state index in [1.165, 1.54) is 0 Å². The third-order valence-corrected chi connectivity index (χ3v) is 6.86. The first-order valence-corrected chi connectivity index (χ1v) is 11.6. The van der Waals surface area contributed by atoms with Crippen LogP contribution in [0.2, 0.25) is 0 Å². The van der Waals surface area contributed by atoms with Crippen LogP contribution in [0.3, 0.4) is 0 Å². The van der Waals surface area contributed by atoms with E-state index in [0.29, 0.717) is 29.9 Å². The summed E-state index contributed by atoms with van der Waals surface area (Å²) in [5.41, 5.74) is 11.4. The maximum atomic E-state index is 12.9. The predicted molar refractivity (Wildman–Crippen MR) is 133 cm³/mol. The number of ketones is 1. The lowest BCUT2D eigenvalue weighted by atomic mass is 9.92. The van der Waals surface area contributed by atoms with Crippen molar-refractivity contribution in [2.45, 2.75) is 37.6 Å². The molecule has 1 aliphatic rings. The van der Waals surface area contributed by atoms with Crippen LogP contribution in [0.5, 0.6) is 0 Å². The number of Topliss-reactive ketones (excluding diaryl/α,β-unsaturated/α-hetero) is 1. The zero-order chi connectivity index (χ0) is 24.6. The summed E-state index contributed by atoms with van der Waals surface area (Å²) < 4.78 is 5.59. The number of benzene rings is 3. The second kappa shape index (κ2) is 8.96. The molecule has 4 aromatic rings. The molecule has 1 fully saturated rings. The highest BCUT2D eigenvalue weighted by atomic mass is 16.5. The second-order valence-corrected chi connectivity index (χ2v) is 9.16. The van der Waals surface area contributed by atoms with E-state index in [4.69, 9.17) is 10.3 Å². The van der Waals surface area contributed by atoms with Gasteiger partial charge < -0.3 is 15.4 Å². The zero-order valence-electron chi connectivity index (χ0n) is 19.4. The topological polar surface area (TPSA) is 106 Å². The van der Waals surface area contributed by atoms with Gasteiger partial charge in [-0.3, -0.25) is 9.59 Å². The quantitative estimate of drug-likeness (QED) is 0.368. The molecular weight excluding hydrogens is 440 g/mol. The second-order valence-electron chi connectivity index (χ2n) is 9.16. The lowest BCUT2D eigenvalue weighted by Crippen LogP contribution is -2.24. The number of nitrogens with zero attached hydrogens (tertiary/aromatic N) is 1. The van der Waals surface area contributed by atoms with Crippen molar-refractivity contribution >= 4 is 11.8 Å². The molecule has 35 heavy (non-hydrogen) atoms. The fourth-order valence-electron chi connectivity index (χ4n) is 4.57. The molecule has 176 valence electrons. The Morgan fingerprint density at radius 2 is 1.51 bits per heavy atom. The summed E-state index contributed by atoms with van der Waals surface area (Å²) in [7, 11) is 0. The summed E-state index contributed by atoms with van der Waals surface area (Å²) >= 11 is 0. The van der Waals surface area contributed by atoms with Crippen LogP contribution in [0.4, 0.5) is 0 Å². The van der Waals surface area contributed by atoms with Gasteiger partial charge >= 0.3 is 5.97 Å². The first-order chi connectivity index (χ1) is 16.9. The van der Waals surface area contributed by atoms with Gasteiger partial charge in [0.15, 0.2) is 11.5 Å². The number of carbonyl (C=O) groups is 2. The maximum Gasteiger partial charge on any atom is 0.314 e. The minimum Gasteiger partial charge on any atom is -0.481 e. The summed E-state index contributed by atoms with van der Waals surface area (Å²) in [4.78, 5) is 24.5. The van der Waals surface area contributed by atoms with Gasteiger partial charge in [0.25, 0.3) is 0 Å². The van der Waals surface area contributed by atoms with E-state index in [2.05, 4.69) is 5.16 Å². The van der Waals surface area contributed by atoms with Gasteiger partial charge in [0.1, 0.15) is 0 Å². The average molecular weight is 467 g/mol. The van der Waals surface area contributed by atoms with Crippen molar-refractivity contribution in [2.24, 2.45) is 5.73 Å². The minimum atomic E-state index is -0.840. The molecule has 0 aliphatic heterocycles. The molecule has 0 radical (unpaired) electrons. The Kier molecular flexibility index (Phi) is 5.83. The van der Waals surface area contributed by atoms with Crippen LogP contribution in [-0.4, -0.2) is 22.0 Å². The number of aliphatic carboxylic acids is 1. The van der Waals surface area contributed by atoms with E-state index in [1.807, 2.05) is 78.9 Å². The normalized spacial score (nSPS) is 14.9. The van der Waals surface area contributed by atoms with Gasteiger partial charge in [-0.25, -0.2) is 0 Å². The molecule has 5 rings (SSSR count). The van der Waals surface area contributed by atoms with Gasteiger partial charge in [0, 0.05) is 17.5 Å². The zero-order valence-corrected chi connectivity index (χ0v) is 19.4. The largest absolute Gasteiger partial charge is 0.481 e. The van der Waals surface area contributed by atoms with Gasteiger partial charge in [-0.05, 0) is 42.0 Å². The van der Waals surface area contributed by atoms with E-state index in [-0.39, 0.29) is 12.2 Å². The molecular formula is C29H26N2O4. The molecule has 1 unspecified atom stereocenters. The van der Waals surface area contributed by atoms with Crippen molar-refractivity contribution < 1.29 is 19.2 Å². The number of aromatic nitrogens is 1. The van der Waals surface area contributed by atoms with Crippen molar-refractivity contribution in [3.05, 3.63) is 101 Å².